The molecule has 2 nitrogen and oxygen atoms in total. The van der Waals surface area contributed by atoms with Crippen molar-refractivity contribution >= 4 is 11.3 Å². The van der Waals surface area contributed by atoms with Crippen LogP contribution in [-0.4, -0.2) is 25.0 Å². The summed E-state index contributed by atoms with van der Waals surface area (Å²) in [7, 11) is 4.12. The molecule has 3 heteroatoms. The predicted octanol–water partition coefficient (Wildman–Crippen LogP) is 1.70. The van der Waals surface area contributed by atoms with E-state index in [1.54, 1.807) is 11.3 Å². The van der Waals surface area contributed by atoms with E-state index in [0.717, 1.165) is 0 Å². The molecule has 2 N–H and O–H groups in total. The molecule has 1 aromatic heterocycles. The van der Waals surface area contributed by atoms with Gasteiger partial charge in [0.1, 0.15) is 0 Å². The Morgan fingerprint density at radius 1 is 1.50 bits per heavy atom. The molecule has 2 unspecified atom stereocenters. The summed E-state index contributed by atoms with van der Waals surface area (Å²) in [6.07, 6.45) is 0. The Labute approximate surface area is 78.0 Å². The van der Waals surface area contributed by atoms with E-state index < -0.39 is 0 Å². The highest BCUT2D eigenvalue weighted by Gasteiger charge is 2.18. The summed E-state index contributed by atoms with van der Waals surface area (Å²) < 4.78 is 0. The first-order valence-corrected chi connectivity index (χ1v) is 5.01. The molecule has 0 aliphatic rings. The summed E-state index contributed by atoms with van der Waals surface area (Å²) in [6.45, 7) is 2.04. The summed E-state index contributed by atoms with van der Waals surface area (Å²) >= 11 is 1.72. The maximum Gasteiger partial charge on any atom is 0.0499 e. The van der Waals surface area contributed by atoms with Crippen molar-refractivity contribution in [2.24, 2.45) is 5.73 Å². The Bertz CT molecular complexity index is 208. The number of likely N-dealkylation sites (N-methyl/N-ethyl adjacent to an activating group) is 1. The number of hydrogen-bond donors (Lipinski definition) is 1. The Kier molecular flexibility index (Phi) is 3.26. The number of nitrogens with zero attached hydrogens (tertiary/aromatic N) is 1. The van der Waals surface area contributed by atoms with Gasteiger partial charge in [0.05, 0.1) is 0 Å². The topological polar surface area (TPSA) is 29.3 Å². The lowest BCUT2D eigenvalue weighted by Gasteiger charge is -2.26. The Balaban J connectivity index is 2.81. The second kappa shape index (κ2) is 4.03. The maximum atomic E-state index is 5.89. The predicted molar refractivity (Wildman–Crippen MR) is 54.4 cm³/mol. The summed E-state index contributed by atoms with van der Waals surface area (Å²) in [5.74, 6) is 0. The van der Waals surface area contributed by atoms with Crippen molar-refractivity contribution in [3.8, 4) is 0 Å². The molecule has 0 saturated carbocycles. The van der Waals surface area contributed by atoms with Crippen LogP contribution in [0, 0.1) is 0 Å². The Morgan fingerprint density at radius 2 is 2.17 bits per heavy atom. The first-order chi connectivity index (χ1) is 5.63. The van der Waals surface area contributed by atoms with Gasteiger partial charge in [0.15, 0.2) is 0 Å². The minimum Gasteiger partial charge on any atom is -0.326 e. The summed E-state index contributed by atoms with van der Waals surface area (Å²) in [5, 5.41) is 4.25. The van der Waals surface area contributed by atoms with Crippen molar-refractivity contribution in [2.45, 2.75) is 19.0 Å². The molecule has 0 fully saturated rings. The summed E-state index contributed by atoms with van der Waals surface area (Å²) in [5.41, 5.74) is 7.21. The molecule has 12 heavy (non-hydrogen) atoms. The zero-order valence-corrected chi connectivity index (χ0v) is 8.64. The van der Waals surface area contributed by atoms with Gasteiger partial charge in [0, 0.05) is 12.1 Å². The number of rotatable bonds is 3. The molecule has 0 saturated heterocycles. The molecule has 0 radical (unpaired) electrons. The van der Waals surface area contributed by atoms with Gasteiger partial charge >= 0.3 is 0 Å². The average molecular weight is 184 g/mol. The van der Waals surface area contributed by atoms with Gasteiger partial charge in [0.2, 0.25) is 0 Å². The fourth-order valence-corrected chi connectivity index (χ4v) is 2.20. The van der Waals surface area contributed by atoms with Gasteiger partial charge < -0.3 is 10.6 Å². The van der Waals surface area contributed by atoms with Crippen LogP contribution in [0.2, 0.25) is 0 Å². The zero-order chi connectivity index (χ0) is 9.14. The average Bonchev–Trinajstić information content (AvgIpc) is 2.37. The van der Waals surface area contributed by atoms with E-state index in [-0.39, 0.29) is 6.04 Å². The molecule has 2 atom stereocenters. The first-order valence-electron chi connectivity index (χ1n) is 4.07. The molecular formula is C9H16N2S. The van der Waals surface area contributed by atoms with Crippen LogP contribution in [0.1, 0.15) is 18.5 Å². The van der Waals surface area contributed by atoms with Crippen LogP contribution in [0.3, 0.4) is 0 Å². The molecular weight excluding hydrogens is 168 g/mol. The van der Waals surface area contributed by atoms with Crippen molar-refractivity contribution < 1.29 is 0 Å². The lowest BCUT2D eigenvalue weighted by atomic mass is 10.0. The van der Waals surface area contributed by atoms with Crippen molar-refractivity contribution in [1.82, 2.24) is 4.90 Å². The smallest absolute Gasteiger partial charge is 0.0499 e. The first kappa shape index (κ1) is 9.71. The Hall–Kier alpha value is -0.380. The molecule has 0 aliphatic heterocycles. The highest BCUT2D eigenvalue weighted by molar-refractivity contribution is 7.07. The monoisotopic (exact) mass is 184 g/mol. The van der Waals surface area contributed by atoms with Crippen molar-refractivity contribution in [1.29, 1.82) is 0 Å². The Morgan fingerprint density at radius 3 is 2.50 bits per heavy atom. The molecule has 1 heterocycles. The summed E-state index contributed by atoms with van der Waals surface area (Å²) in [4.78, 5) is 2.16. The molecule has 0 aliphatic carbocycles. The number of thiophene rings is 1. The normalized spacial score (nSPS) is 16.4. The van der Waals surface area contributed by atoms with Crippen LogP contribution in [0.4, 0.5) is 0 Å². The molecule has 0 spiro atoms. The van der Waals surface area contributed by atoms with E-state index in [0.29, 0.717) is 6.04 Å². The third-order valence-electron chi connectivity index (χ3n) is 1.94. The lowest BCUT2D eigenvalue weighted by molar-refractivity contribution is 0.267. The van der Waals surface area contributed by atoms with E-state index in [1.165, 1.54) is 5.56 Å². The maximum absolute atomic E-state index is 5.89. The van der Waals surface area contributed by atoms with Crippen LogP contribution in [0.25, 0.3) is 0 Å². The highest BCUT2D eigenvalue weighted by atomic mass is 32.1. The third kappa shape index (κ3) is 2.06. The van der Waals surface area contributed by atoms with Crippen LogP contribution in [0.15, 0.2) is 16.8 Å². The summed E-state index contributed by atoms with van der Waals surface area (Å²) in [6, 6.07) is 2.66. The molecule has 68 valence electrons. The van der Waals surface area contributed by atoms with Crippen molar-refractivity contribution in [3.05, 3.63) is 22.4 Å². The van der Waals surface area contributed by atoms with E-state index in [9.17, 15) is 0 Å². The van der Waals surface area contributed by atoms with E-state index in [2.05, 4.69) is 35.8 Å². The number of nitrogens with two attached hydrogens (primary N) is 1. The van der Waals surface area contributed by atoms with Gasteiger partial charge in [-0.05, 0) is 43.4 Å². The molecule has 0 bridgehead atoms. The van der Waals surface area contributed by atoms with Crippen LogP contribution in [0.5, 0.6) is 0 Å². The minimum absolute atomic E-state index is 0.176. The van der Waals surface area contributed by atoms with Crippen molar-refractivity contribution in [2.75, 3.05) is 14.1 Å². The van der Waals surface area contributed by atoms with E-state index in [1.807, 2.05) is 6.92 Å². The van der Waals surface area contributed by atoms with Gasteiger partial charge in [-0.25, -0.2) is 0 Å². The minimum atomic E-state index is 0.176. The largest absolute Gasteiger partial charge is 0.326 e. The van der Waals surface area contributed by atoms with Crippen LogP contribution < -0.4 is 5.73 Å². The molecule has 1 aromatic rings. The third-order valence-corrected chi connectivity index (χ3v) is 2.64. The van der Waals surface area contributed by atoms with Gasteiger partial charge in [-0.1, -0.05) is 0 Å². The fraction of sp³-hybridized carbons (Fsp3) is 0.556. The van der Waals surface area contributed by atoms with Gasteiger partial charge in [-0.15, -0.1) is 0 Å². The van der Waals surface area contributed by atoms with Crippen LogP contribution in [-0.2, 0) is 0 Å². The van der Waals surface area contributed by atoms with Gasteiger partial charge in [-0.2, -0.15) is 11.3 Å². The van der Waals surface area contributed by atoms with E-state index >= 15 is 0 Å². The second-order valence-electron chi connectivity index (χ2n) is 3.32. The van der Waals surface area contributed by atoms with Gasteiger partial charge in [0.25, 0.3) is 0 Å². The quantitative estimate of drug-likeness (QED) is 0.774. The standard InChI is InChI=1S/C9H16N2S/c1-7(10)9(11(2)3)8-4-5-12-6-8/h4-7,9H,10H2,1-3H3. The lowest BCUT2D eigenvalue weighted by Crippen LogP contribution is -2.34. The molecule has 0 amide bonds. The molecule has 0 aromatic carbocycles. The second-order valence-corrected chi connectivity index (χ2v) is 4.10. The van der Waals surface area contributed by atoms with Crippen LogP contribution >= 0.6 is 11.3 Å². The van der Waals surface area contributed by atoms with Gasteiger partial charge in [-0.3, -0.25) is 0 Å². The fourth-order valence-electron chi connectivity index (χ4n) is 1.52. The SMILES string of the molecule is CC(N)C(c1ccsc1)N(C)C. The molecule has 1 rings (SSSR count). The van der Waals surface area contributed by atoms with E-state index in [4.69, 9.17) is 5.73 Å². The number of hydrogen-bond acceptors (Lipinski definition) is 3. The zero-order valence-electron chi connectivity index (χ0n) is 7.82. The highest BCUT2D eigenvalue weighted by Crippen LogP contribution is 2.22. The van der Waals surface area contributed by atoms with Crippen molar-refractivity contribution in [3.63, 3.8) is 0 Å².